The standard InChI is InChI=1S/C25H25NO5S/c1-17-5-3-7-19(13-17)20-9-11-24-23(15-20)26(16-21(31-24)10-12-25(27)28)32(29,30)22-8-4-6-18(2)14-22/h3-9,11,13-15,21H,10,12,16H2,1-2H3,(H,27,28)/t21-/m0/s1. The summed E-state index contributed by atoms with van der Waals surface area (Å²) in [7, 11) is -3.87. The molecule has 32 heavy (non-hydrogen) atoms. The molecule has 1 aliphatic heterocycles. The third kappa shape index (κ3) is 4.48. The van der Waals surface area contributed by atoms with Crippen LogP contribution in [0.3, 0.4) is 0 Å². The summed E-state index contributed by atoms with van der Waals surface area (Å²) < 4.78 is 34.6. The van der Waals surface area contributed by atoms with Gasteiger partial charge in [0.15, 0.2) is 0 Å². The highest BCUT2D eigenvalue weighted by Crippen LogP contribution is 2.40. The molecule has 3 aromatic carbocycles. The molecule has 0 spiro atoms. The van der Waals surface area contributed by atoms with Crippen LogP contribution in [0.4, 0.5) is 5.69 Å². The fourth-order valence-electron chi connectivity index (χ4n) is 3.88. The van der Waals surface area contributed by atoms with Crippen LogP contribution in [0.1, 0.15) is 24.0 Å². The molecule has 0 bridgehead atoms. The van der Waals surface area contributed by atoms with E-state index in [1.165, 1.54) is 4.31 Å². The van der Waals surface area contributed by atoms with Gasteiger partial charge >= 0.3 is 5.97 Å². The highest BCUT2D eigenvalue weighted by Gasteiger charge is 2.35. The zero-order chi connectivity index (χ0) is 22.9. The molecule has 1 aliphatic rings. The lowest BCUT2D eigenvalue weighted by Gasteiger charge is -2.35. The molecule has 0 amide bonds. The number of benzene rings is 3. The predicted molar refractivity (Wildman–Crippen MR) is 124 cm³/mol. The van der Waals surface area contributed by atoms with Crippen LogP contribution in [0.2, 0.25) is 0 Å². The summed E-state index contributed by atoms with van der Waals surface area (Å²) >= 11 is 0. The Balaban J connectivity index is 1.80. The summed E-state index contributed by atoms with van der Waals surface area (Å²) in [6, 6.07) is 20.3. The highest BCUT2D eigenvalue weighted by atomic mass is 32.2. The number of anilines is 1. The van der Waals surface area contributed by atoms with Gasteiger partial charge in [0.1, 0.15) is 11.9 Å². The van der Waals surface area contributed by atoms with Gasteiger partial charge in [-0.25, -0.2) is 8.42 Å². The number of hydrogen-bond acceptors (Lipinski definition) is 4. The Labute approximate surface area is 188 Å². The SMILES string of the molecule is Cc1cccc(-c2ccc3c(c2)N(S(=O)(=O)c2cccc(C)c2)C[C@H](CCC(=O)O)O3)c1. The number of fused-ring (bicyclic) bond motifs is 1. The third-order valence-corrected chi connectivity index (χ3v) is 7.28. The monoisotopic (exact) mass is 451 g/mol. The Morgan fingerprint density at radius 3 is 2.38 bits per heavy atom. The van der Waals surface area contributed by atoms with Crippen molar-refractivity contribution < 1.29 is 23.1 Å². The predicted octanol–water partition coefficient (Wildman–Crippen LogP) is 4.79. The van der Waals surface area contributed by atoms with Crippen molar-refractivity contribution in [3.05, 3.63) is 77.9 Å². The average Bonchev–Trinajstić information content (AvgIpc) is 2.76. The maximum absolute atomic E-state index is 13.6. The lowest BCUT2D eigenvalue weighted by molar-refractivity contribution is -0.137. The molecule has 166 valence electrons. The van der Waals surface area contributed by atoms with Crippen LogP contribution >= 0.6 is 0 Å². The van der Waals surface area contributed by atoms with Gasteiger partial charge in [0.25, 0.3) is 10.0 Å². The maximum Gasteiger partial charge on any atom is 0.303 e. The molecule has 0 saturated heterocycles. The molecule has 1 atom stereocenters. The number of nitrogens with zero attached hydrogens (tertiary/aromatic N) is 1. The molecule has 7 heteroatoms. The first-order valence-electron chi connectivity index (χ1n) is 10.4. The van der Waals surface area contributed by atoms with Gasteiger partial charge in [-0.15, -0.1) is 0 Å². The molecule has 0 fully saturated rings. The van der Waals surface area contributed by atoms with Crippen LogP contribution in [0, 0.1) is 13.8 Å². The molecular formula is C25H25NO5S. The first kappa shape index (κ1) is 21.9. The van der Waals surface area contributed by atoms with E-state index in [0.29, 0.717) is 11.4 Å². The molecule has 6 nitrogen and oxygen atoms in total. The molecule has 0 radical (unpaired) electrons. The topological polar surface area (TPSA) is 83.9 Å². The van der Waals surface area contributed by atoms with Crippen LogP contribution in [0.25, 0.3) is 11.1 Å². The van der Waals surface area contributed by atoms with Gasteiger partial charge in [0.2, 0.25) is 0 Å². The zero-order valence-corrected chi connectivity index (χ0v) is 18.8. The van der Waals surface area contributed by atoms with E-state index >= 15 is 0 Å². The Bertz CT molecular complexity index is 1270. The van der Waals surface area contributed by atoms with E-state index in [1.807, 2.05) is 56.3 Å². The number of rotatable bonds is 6. The summed E-state index contributed by atoms with van der Waals surface area (Å²) in [5, 5.41) is 9.07. The molecule has 1 heterocycles. The lowest BCUT2D eigenvalue weighted by Crippen LogP contribution is -2.43. The molecule has 0 saturated carbocycles. The van der Waals surface area contributed by atoms with Crippen molar-refractivity contribution in [1.82, 2.24) is 0 Å². The van der Waals surface area contributed by atoms with Crippen LogP contribution in [-0.4, -0.2) is 32.1 Å². The number of ether oxygens (including phenoxy) is 1. The summed E-state index contributed by atoms with van der Waals surface area (Å²) in [4.78, 5) is 11.3. The first-order chi connectivity index (χ1) is 15.2. The number of carboxylic acid groups (broad SMARTS) is 1. The molecule has 4 rings (SSSR count). The fourth-order valence-corrected chi connectivity index (χ4v) is 5.49. The maximum atomic E-state index is 13.6. The van der Waals surface area contributed by atoms with Crippen LogP contribution in [0.15, 0.2) is 71.6 Å². The third-order valence-electron chi connectivity index (χ3n) is 5.50. The van der Waals surface area contributed by atoms with Gasteiger partial charge in [0, 0.05) is 6.42 Å². The fraction of sp³-hybridized carbons (Fsp3) is 0.240. The Morgan fingerprint density at radius 2 is 1.69 bits per heavy atom. The van der Waals surface area contributed by atoms with Crippen molar-refractivity contribution in [3.8, 4) is 16.9 Å². The molecule has 0 unspecified atom stereocenters. The Kier molecular flexibility index (Phi) is 5.93. The summed E-state index contributed by atoms with van der Waals surface area (Å²) in [5.41, 5.74) is 4.26. The summed E-state index contributed by atoms with van der Waals surface area (Å²) in [6.07, 6.45) is -0.434. The quantitative estimate of drug-likeness (QED) is 0.582. The minimum Gasteiger partial charge on any atom is -0.486 e. The van der Waals surface area contributed by atoms with E-state index in [2.05, 4.69) is 0 Å². The Morgan fingerprint density at radius 1 is 1.00 bits per heavy atom. The largest absolute Gasteiger partial charge is 0.486 e. The van der Waals surface area contributed by atoms with E-state index in [9.17, 15) is 13.2 Å². The van der Waals surface area contributed by atoms with Gasteiger partial charge < -0.3 is 9.84 Å². The summed E-state index contributed by atoms with van der Waals surface area (Å²) in [6.45, 7) is 3.90. The van der Waals surface area contributed by atoms with Gasteiger partial charge in [-0.3, -0.25) is 9.10 Å². The number of hydrogen-bond donors (Lipinski definition) is 1. The number of sulfonamides is 1. The van der Waals surface area contributed by atoms with Gasteiger partial charge in [-0.1, -0.05) is 48.0 Å². The van der Waals surface area contributed by atoms with E-state index < -0.39 is 22.1 Å². The Hall–Kier alpha value is -3.32. The van der Waals surface area contributed by atoms with Gasteiger partial charge in [0.05, 0.1) is 17.1 Å². The second kappa shape index (κ2) is 8.67. The minimum absolute atomic E-state index is 0.0494. The second-order valence-corrected chi connectivity index (χ2v) is 9.94. The zero-order valence-electron chi connectivity index (χ0n) is 18.0. The molecule has 1 N–H and O–H groups in total. The van der Waals surface area contributed by atoms with Crippen LogP contribution < -0.4 is 9.04 Å². The minimum atomic E-state index is -3.87. The van der Waals surface area contributed by atoms with Crippen molar-refractivity contribution in [3.63, 3.8) is 0 Å². The van der Waals surface area contributed by atoms with E-state index in [0.717, 1.165) is 22.3 Å². The number of aryl methyl sites for hydroxylation is 2. The number of carbonyl (C=O) groups is 1. The van der Waals surface area contributed by atoms with Crippen LogP contribution in [-0.2, 0) is 14.8 Å². The molecule has 0 aromatic heterocycles. The van der Waals surface area contributed by atoms with Crippen molar-refractivity contribution in [2.45, 2.75) is 37.7 Å². The molecule has 3 aromatic rings. The smallest absolute Gasteiger partial charge is 0.303 e. The normalized spacial score (nSPS) is 15.7. The van der Waals surface area contributed by atoms with Crippen LogP contribution in [0.5, 0.6) is 5.75 Å². The number of carboxylic acids is 1. The van der Waals surface area contributed by atoms with Crippen molar-refractivity contribution >= 4 is 21.7 Å². The van der Waals surface area contributed by atoms with Gasteiger partial charge in [-0.2, -0.15) is 0 Å². The van der Waals surface area contributed by atoms with E-state index in [-0.39, 0.29) is 24.3 Å². The summed E-state index contributed by atoms with van der Waals surface area (Å²) in [5.74, 6) is -0.512. The van der Waals surface area contributed by atoms with Gasteiger partial charge in [-0.05, 0) is 61.2 Å². The number of aliphatic carboxylic acids is 1. The molecule has 0 aliphatic carbocycles. The van der Waals surface area contributed by atoms with Crippen molar-refractivity contribution in [2.75, 3.05) is 10.8 Å². The molecular weight excluding hydrogens is 426 g/mol. The van der Waals surface area contributed by atoms with Crippen molar-refractivity contribution in [1.29, 1.82) is 0 Å². The van der Waals surface area contributed by atoms with E-state index in [1.54, 1.807) is 24.3 Å². The second-order valence-electron chi connectivity index (χ2n) is 8.08. The highest BCUT2D eigenvalue weighted by molar-refractivity contribution is 7.92. The lowest BCUT2D eigenvalue weighted by atomic mass is 10.0. The van der Waals surface area contributed by atoms with Crippen molar-refractivity contribution in [2.24, 2.45) is 0 Å². The van der Waals surface area contributed by atoms with E-state index in [4.69, 9.17) is 9.84 Å². The first-order valence-corrected chi connectivity index (χ1v) is 11.9. The average molecular weight is 452 g/mol.